The molecule has 1 heterocycles. The Kier molecular flexibility index (Phi) is 4.96. The van der Waals surface area contributed by atoms with E-state index in [1.54, 1.807) is 5.38 Å². The Morgan fingerprint density at radius 2 is 2.10 bits per heavy atom. The zero-order valence-corrected chi connectivity index (χ0v) is 13.3. The number of carbonyl (C=O) groups is 1. The molecule has 1 aromatic heterocycles. The van der Waals surface area contributed by atoms with Gasteiger partial charge in [-0.25, -0.2) is 4.98 Å². The molecular formula is C16H18NO3S-. The van der Waals surface area contributed by atoms with Crippen molar-refractivity contribution in [1.82, 2.24) is 4.98 Å². The predicted octanol–water partition coefficient (Wildman–Crippen LogP) is 1.98. The van der Waals surface area contributed by atoms with Gasteiger partial charge >= 0.3 is 0 Å². The Hall–Kier alpha value is -1.88. The zero-order valence-electron chi connectivity index (χ0n) is 12.4. The lowest BCUT2D eigenvalue weighted by molar-refractivity contribution is -0.304. The van der Waals surface area contributed by atoms with Crippen LogP contribution in [-0.2, 0) is 17.6 Å². The van der Waals surface area contributed by atoms with Crippen molar-refractivity contribution >= 4 is 17.3 Å². The third kappa shape index (κ3) is 4.29. The number of thiazole rings is 1. The van der Waals surface area contributed by atoms with Crippen LogP contribution in [0.15, 0.2) is 17.5 Å². The molecule has 2 aromatic rings. The number of hydrogen-bond donors (Lipinski definition) is 0. The average molecular weight is 304 g/mol. The zero-order chi connectivity index (χ0) is 15.4. The molecule has 4 nitrogen and oxygen atoms in total. The highest BCUT2D eigenvalue weighted by atomic mass is 32.1. The molecule has 0 radical (unpaired) electrons. The minimum absolute atomic E-state index is 0.131. The molecule has 112 valence electrons. The topological polar surface area (TPSA) is 62.2 Å². The van der Waals surface area contributed by atoms with E-state index < -0.39 is 5.97 Å². The molecule has 21 heavy (non-hydrogen) atoms. The fourth-order valence-corrected chi connectivity index (χ4v) is 2.87. The number of aliphatic carboxylic acids is 1. The summed E-state index contributed by atoms with van der Waals surface area (Å²) < 4.78 is 5.83. The maximum Gasteiger partial charge on any atom is 0.122 e. The predicted molar refractivity (Wildman–Crippen MR) is 80.7 cm³/mol. The van der Waals surface area contributed by atoms with Crippen molar-refractivity contribution in [3.05, 3.63) is 44.9 Å². The van der Waals surface area contributed by atoms with E-state index in [1.807, 2.05) is 19.9 Å². The number of carboxylic acids is 1. The first-order valence-electron chi connectivity index (χ1n) is 6.79. The molecule has 0 aliphatic heterocycles. The minimum Gasteiger partial charge on any atom is -0.550 e. The van der Waals surface area contributed by atoms with E-state index in [0.29, 0.717) is 18.7 Å². The Labute approximate surface area is 128 Å². The number of aromatic nitrogens is 1. The van der Waals surface area contributed by atoms with Crippen LogP contribution in [0.25, 0.3) is 0 Å². The summed E-state index contributed by atoms with van der Waals surface area (Å²) in [7, 11) is 0. The second-order valence-electron chi connectivity index (χ2n) is 5.08. The summed E-state index contributed by atoms with van der Waals surface area (Å²) in [6.07, 6.45) is 0.539. The first-order valence-corrected chi connectivity index (χ1v) is 7.67. The van der Waals surface area contributed by atoms with E-state index in [4.69, 9.17) is 4.74 Å². The normalized spacial score (nSPS) is 10.6. The largest absolute Gasteiger partial charge is 0.550 e. The molecular weight excluding hydrogens is 286 g/mol. The summed E-state index contributed by atoms with van der Waals surface area (Å²) in [4.78, 5) is 14.8. The highest BCUT2D eigenvalue weighted by Gasteiger charge is 2.06. The van der Waals surface area contributed by atoms with Gasteiger partial charge in [0.2, 0.25) is 0 Å². The van der Waals surface area contributed by atoms with Gasteiger partial charge in [-0.05, 0) is 43.5 Å². The number of aryl methyl sites for hydroxylation is 2. The summed E-state index contributed by atoms with van der Waals surface area (Å²) in [6, 6.07) is 4.17. The van der Waals surface area contributed by atoms with Crippen LogP contribution in [0.5, 0.6) is 5.75 Å². The quantitative estimate of drug-likeness (QED) is 0.818. The van der Waals surface area contributed by atoms with Gasteiger partial charge in [0.1, 0.15) is 5.75 Å². The number of hydrogen-bond acceptors (Lipinski definition) is 5. The van der Waals surface area contributed by atoms with Crippen molar-refractivity contribution in [2.45, 2.75) is 33.6 Å². The molecule has 0 N–H and O–H groups in total. The van der Waals surface area contributed by atoms with Crippen molar-refractivity contribution < 1.29 is 14.6 Å². The summed E-state index contributed by atoms with van der Waals surface area (Å²) in [6.45, 7) is 6.70. The summed E-state index contributed by atoms with van der Waals surface area (Å²) >= 11 is 1.45. The maximum atomic E-state index is 10.5. The molecule has 5 heteroatoms. The van der Waals surface area contributed by atoms with Crippen LogP contribution in [0, 0.1) is 20.8 Å². The number of ether oxygens (including phenoxy) is 1. The SMILES string of the molecule is Cc1cc(C)c(C)c(OCCc2nc(CC(=O)[O-])cs2)c1. The van der Waals surface area contributed by atoms with Crippen molar-refractivity contribution in [2.75, 3.05) is 6.61 Å². The first kappa shape index (κ1) is 15.5. The third-order valence-electron chi connectivity index (χ3n) is 3.26. The van der Waals surface area contributed by atoms with E-state index in [-0.39, 0.29) is 6.42 Å². The molecule has 0 spiro atoms. The van der Waals surface area contributed by atoms with Crippen LogP contribution >= 0.6 is 11.3 Å². The van der Waals surface area contributed by atoms with Crippen LogP contribution in [0.3, 0.4) is 0 Å². The monoisotopic (exact) mass is 304 g/mol. The molecule has 0 bridgehead atoms. The molecule has 0 fully saturated rings. The van der Waals surface area contributed by atoms with Gasteiger partial charge in [0.15, 0.2) is 0 Å². The number of carboxylic acid groups (broad SMARTS) is 1. The van der Waals surface area contributed by atoms with Gasteiger partial charge in [0.25, 0.3) is 0 Å². The van der Waals surface area contributed by atoms with Gasteiger partial charge in [0.05, 0.1) is 17.3 Å². The lowest BCUT2D eigenvalue weighted by Gasteiger charge is -2.11. The van der Waals surface area contributed by atoms with Crippen molar-refractivity contribution in [2.24, 2.45) is 0 Å². The molecule has 1 aromatic carbocycles. The van der Waals surface area contributed by atoms with Gasteiger partial charge in [-0.2, -0.15) is 0 Å². The van der Waals surface area contributed by atoms with Gasteiger partial charge in [-0.1, -0.05) is 6.07 Å². The van der Waals surface area contributed by atoms with Crippen molar-refractivity contribution in [3.63, 3.8) is 0 Å². The Balaban J connectivity index is 1.92. The van der Waals surface area contributed by atoms with Crippen LogP contribution in [0.1, 0.15) is 27.4 Å². The van der Waals surface area contributed by atoms with Gasteiger partial charge in [0, 0.05) is 24.2 Å². The fourth-order valence-electron chi connectivity index (χ4n) is 2.09. The summed E-state index contributed by atoms with van der Waals surface area (Å²) in [5.74, 6) is -0.201. The van der Waals surface area contributed by atoms with Crippen LogP contribution in [0.4, 0.5) is 0 Å². The molecule has 0 atom stereocenters. The van der Waals surface area contributed by atoms with E-state index in [2.05, 4.69) is 18.0 Å². The number of nitrogens with zero attached hydrogens (tertiary/aromatic N) is 1. The van der Waals surface area contributed by atoms with Gasteiger partial charge < -0.3 is 14.6 Å². The van der Waals surface area contributed by atoms with E-state index in [0.717, 1.165) is 16.3 Å². The Morgan fingerprint density at radius 3 is 2.81 bits per heavy atom. The lowest BCUT2D eigenvalue weighted by atomic mass is 10.1. The number of benzene rings is 1. The van der Waals surface area contributed by atoms with Crippen LogP contribution in [-0.4, -0.2) is 17.6 Å². The fraction of sp³-hybridized carbons (Fsp3) is 0.375. The number of rotatable bonds is 6. The molecule has 2 rings (SSSR count). The lowest BCUT2D eigenvalue weighted by Crippen LogP contribution is -2.24. The Morgan fingerprint density at radius 1 is 1.33 bits per heavy atom. The van der Waals surface area contributed by atoms with E-state index in [1.165, 1.54) is 22.5 Å². The second kappa shape index (κ2) is 6.72. The molecule has 0 aliphatic rings. The van der Waals surface area contributed by atoms with Crippen LogP contribution < -0.4 is 9.84 Å². The molecule has 0 unspecified atom stereocenters. The standard InChI is InChI=1S/C16H19NO3S/c1-10-6-11(2)12(3)14(7-10)20-5-4-15-17-13(9-21-15)8-16(18)19/h6-7,9H,4-5,8H2,1-3H3,(H,18,19)/p-1. The highest BCUT2D eigenvalue weighted by Crippen LogP contribution is 2.23. The van der Waals surface area contributed by atoms with Gasteiger partial charge in [-0.3, -0.25) is 0 Å². The van der Waals surface area contributed by atoms with E-state index in [9.17, 15) is 9.90 Å². The van der Waals surface area contributed by atoms with Crippen LogP contribution in [0.2, 0.25) is 0 Å². The van der Waals surface area contributed by atoms with E-state index >= 15 is 0 Å². The molecule has 0 aliphatic carbocycles. The smallest absolute Gasteiger partial charge is 0.122 e. The third-order valence-corrected chi connectivity index (χ3v) is 4.22. The van der Waals surface area contributed by atoms with Crippen molar-refractivity contribution in [3.8, 4) is 5.75 Å². The minimum atomic E-state index is -1.10. The molecule has 0 saturated carbocycles. The number of carbonyl (C=O) groups excluding carboxylic acids is 1. The summed E-state index contributed by atoms with van der Waals surface area (Å²) in [5.41, 5.74) is 4.10. The van der Waals surface area contributed by atoms with Gasteiger partial charge in [-0.15, -0.1) is 11.3 Å². The average Bonchev–Trinajstić information content (AvgIpc) is 2.81. The van der Waals surface area contributed by atoms with Crippen molar-refractivity contribution in [1.29, 1.82) is 0 Å². The molecule has 0 amide bonds. The second-order valence-corrected chi connectivity index (χ2v) is 6.03. The highest BCUT2D eigenvalue weighted by molar-refractivity contribution is 7.09. The Bertz CT molecular complexity index is 649. The maximum absolute atomic E-state index is 10.5. The molecule has 0 saturated heterocycles. The first-order chi connectivity index (χ1) is 9.95. The summed E-state index contributed by atoms with van der Waals surface area (Å²) in [5, 5.41) is 13.1.